The topological polar surface area (TPSA) is 43.2 Å². The molecule has 0 aliphatic carbocycles. The van der Waals surface area contributed by atoms with Crippen LogP contribution in [0.2, 0.25) is 0 Å². The van der Waals surface area contributed by atoms with Gasteiger partial charge in [-0.3, -0.25) is 0 Å². The smallest absolute Gasteiger partial charge is 0.209 e. The number of hydrogen-bond donors (Lipinski definition) is 0. The molecule has 0 heterocycles. The summed E-state index contributed by atoms with van der Waals surface area (Å²) in [7, 11) is 0. The summed E-state index contributed by atoms with van der Waals surface area (Å²) in [5.41, 5.74) is -1.24. The molecule has 0 rings (SSSR count). The molecule has 1 unspecified atom stereocenters. The fourth-order valence-corrected chi connectivity index (χ4v) is 2.15. The van der Waals surface area contributed by atoms with Crippen molar-refractivity contribution in [3.8, 4) is 0 Å². The Bertz CT molecular complexity index is 332. The van der Waals surface area contributed by atoms with E-state index in [1.54, 1.807) is 0 Å². The van der Waals surface area contributed by atoms with Gasteiger partial charge in [0.05, 0.1) is 11.1 Å². The second-order valence-corrected chi connectivity index (χ2v) is 8.53. The van der Waals surface area contributed by atoms with Gasteiger partial charge >= 0.3 is 0 Å². The van der Waals surface area contributed by atoms with Crippen molar-refractivity contribution in [2.45, 2.75) is 111 Å². The lowest BCUT2D eigenvalue weighted by Crippen LogP contribution is -2.34. The summed E-state index contributed by atoms with van der Waals surface area (Å²) in [6.45, 7) is 18.7. The number of unbranched alkanes of at least 4 members (excludes halogenated alkanes) is 2. The maximum atomic E-state index is 5.77. The molecule has 4 heteroatoms. The minimum absolute atomic E-state index is 0.210. The monoisotopic (exact) mass is 314 g/mol. The molecule has 22 heavy (non-hydrogen) atoms. The zero-order valence-electron chi connectivity index (χ0n) is 16.3. The Morgan fingerprint density at radius 2 is 1.45 bits per heavy atom. The fraction of sp³-hybridized carbons (Fsp3) is 1.00. The molecule has 0 fully saturated rings. The van der Waals surface area contributed by atoms with Gasteiger partial charge in [-0.1, -0.05) is 40.0 Å². The van der Waals surface area contributed by atoms with Gasteiger partial charge in [0.15, 0.2) is 0 Å². The van der Waals surface area contributed by atoms with Crippen LogP contribution in [0.5, 0.6) is 0 Å². The summed E-state index contributed by atoms with van der Waals surface area (Å²) in [5, 5.41) is 8.82. The van der Waals surface area contributed by atoms with Crippen LogP contribution in [0.4, 0.5) is 0 Å². The summed E-state index contributed by atoms with van der Waals surface area (Å²) in [4.78, 5) is 11.5. The molecular weight excluding hydrogens is 276 g/mol. The quantitative estimate of drug-likeness (QED) is 0.205. The van der Waals surface area contributed by atoms with Gasteiger partial charge in [0.25, 0.3) is 0 Å². The van der Waals surface area contributed by atoms with Crippen LogP contribution in [0.1, 0.15) is 94.4 Å². The first-order chi connectivity index (χ1) is 9.89. The van der Waals surface area contributed by atoms with E-state index in [0.29, 0.717) is 5.92 Å². The van der Waals surface area contributed by atoms with Gasteiger partial charge < -0.3 is 0 Å². The van der Waals surface area contributed by atoms with Crippen molar-refractivity contribution >= 4 is 0 Å². The highest BCUT2D eigenvalue weighted by Gasteiger charge is 2.32. The lowest BCUT2D eigenvalue weighted by Gasteiger charge is -2.31. The number of nitrogens with zero attached hydrogens (tertiary/aromatic N) is 2. The molecule has 0 amide bonds. The lowest BCUT2D eigenvalue weighted by atomic mass is 10.0. The predicted octanol–water partition coefficient (Wildman–Crippen LogP) is 6.31. The van der Waals surface area contributed by atoms with E-state index < -0.39 is 5.72 Å². The molecule has 0 aliphatic rings. The van der Waals surface area contributed by atoms with Gasteiger partial charge in [-0.25, -0.2) is 9.78 Å². The average Bonchev–Trinajstić information content (AvgIpc) is 2.33. The largest absolute Gasteiger partial charge is 0.228 e. The Labute approximate surface area is 138 Å². The number of azo groups is 1. The third-order valence-corrected chi connectivity index (χ3v) is 3.18. The van der Waals surface area contributed by atoms with E-state index in [4.69, 9.17) is 9.78 Å². The average molecular weight is 315 g/mol. The molecule has 0 bridgehead atoms. The second kappa shape index (κ2) is 8.97. The molecule has 0 spiro atoms. The molecule has 0 radical (unpaired) electrons. The minimum Gasteiger partial charge on any atom is -0.228 e. The zero-order valence-corrected chi connectivity index (χ0v) is 16.3. The molecule has 0 aromatic rings. The van der Waals surface area contributed by atoms with Crippen molar-refractivity contribution in [2.24, 2.45) is 16.1 Å². The summed E-state index contributed by atoms with van der Waals surface area (Å²) in [5.74, 6) is 0.454. The van der Waals surface area contributed by atoms with Crippen molar-refractivity contribution in [1.29, 1.82) is 0 Å². The van der Waals surface area contributed by atoms with E-state index in [1.807, 2.05) is 27.7 Å². The van der Waals surface area contributed by atoms with Crippen molar-refractivity contribution in [3.05, 3.63) is 0 Å². The van der Waals surface area contributed by atoms with E-state index in [9.17, 15) is 0 Å². The van der Waals surface area contributed by atoms with Crippen LogP contribution in [-0.2, 0) is 9.78 Å². The van der Waals surface area contributed by atoms with Crippen LogP contribution in [-0.4, -0.2) is 16.9 Å². The van der Waals surface area contributed by atoms with Gasteiger partial charge in [0.2, 0.25) is 5.72 Å². The van der Waals surface area contributed by atoms with E-state index in [0.717, 1.165) is 19.3 Å². The highest BCUT2D eigenvalue weighted by atomic mass is 17.2. The summed E-state index contributed by atoms with van der Waals surface area (Å²) in [6, 6.07) is 0. The van der Waals surface area contributed by atoms with E-state index in [-0.39, 0.29) is 11.1 Å². The third-order valence-electron chi connectivity index (χ3n) is 3.18. The Morgan fingerprint density at radius 3 is 1.91 bits per heavy atom. The molecule has 0 saturated carbocycles. The summed E-state index contributed by atoms with van der Waals surface area (Å²) < 4.78 is 0. The molecule has 132 valence electrons. The van der Waals surface area contributed by atoms with Crippen LogP contribution in [0.15, 0.2) is 10.2 Å². The van der Waals surface area contributed by atoms with Crippen LogP contribution in [0, 0.1) is 5.92 Å². The molecule has 0 aliphatic heterocycles. The predicted molar refractivity (Wildman–Crippen MR) is 92.9 cm³/mol. The highest BCUT2D eigenvalue weighted by Crippen LogP contribution is 2.29. The van der Waals surface area contributed by atoms with E-state index >= 15 is 0 Å². The lowest BCUT2D eigenvalue weighted by molar-refractivity contribution is -0.407. The van der Waals surface area contributed by atoms with Gasteiger partial charge in [0.1, 0.15) is 0 Å². The van der Waals surface area contributed by atoms with Crippen LogP contribution < -0.4 is 0 Å². The van der Waals surface area contributed by atoms with Gasteiger partial charge in [-0.15, -0.1) is 0 Å². The Hall–Kier alpha value is -0.480. The van der Waals surface area contributed by atoms with Crippen molar-refractivity contribution in [3.63, 3.8) is 0 Å². The standard InChI is InChI=1S/C18H38N2O2/c1-10-11-12-13-17(7,8)21-22-18(9,14-15(2)3)20-19-16(4,5)6/h15H,10-14H2,1-9H3. The number of hydrogen-bond acceptors (Lipinski definition) is 4. The second-order valence-electron chi connectivity index (χ2n) is 8.53. The van der Waals surface area contributed by atoms with Crippen LogP contribution in [0.25, 0.3) is 0 Å². The minimum atomic E-state index is -0.733. The Morgan fingerprint density at radius 1 is 0.864 bits per heavy atom. The van der Waals surface area contributed by atoms with Crippen molar-refractivity contribution in [1.82, 2.24) is 0 Å². The summed E-state index contributed by atoms with van der Waals surface area (Å²) >= 11 is 0. The normalized spacial score (nSPS) is 16.5. The molecule has 4 nitrogen and oxygen atoms in total. The molecular formula is C18H38N2O2. The summed E-state index contributed by atoms with van der Waals surface area (Å²) in [6.07, 6.45) is 5.34. The zero-order chi connectivity index (χ0) is 17.4. The maximum Gasteiger partial charge on any atom is 0.209 e. The molecule has 1 atom stereocenters. The van der Waals surface area contributed by atoms with Gasteiger partial charge in [-0.2, -0.15) is 10.2 Å². The van der Waals surface area contributed by atoms with E-state index in [1.165, 1.54) is 12.8 Å². The highest BCUT2D eigenvalue weighted by molar-refractivity contribution is 4.75. The molecule has 0 N–H and O–H groups in total. The SMILES string of the molecule is CCCCCC(C)(C)OOC(C)(CC(C)C)N=NC(C)(C)C. The van der Waals surface area contributed by atoms with Crippen LogP contribution >= 0.6 is 0 Å². The third kappa shape index (κ3) is 11.1. The fourth-order valence-electron chi connectivity index (χ4n) is 2.15. The first kappa shape index (κ1) is 21.5. The molecule has 0 aromatic carbocycles. The van der Waals surface area contributed by atoms with Gasteiger partial charge in [0, 0.05) is 6.42 Å². The van der Waals surface area contributed by atoms with E-state index in [2.05, 4.69) is 44.8 Å². The Balaban J connectivity index is 4.74. The molecule has 0 saturated heterocycles. The van der Waals surface area contributed by atoms with Crippen molar-refractivity contribution in [2.75, 3.05) is 0 Å². The first-order valence-electron chi connectivity index (χ1n) is 8.70. The maximum absolute atomic E-state index is 5.77. The first-order valence-corrected chi connectivity index (χ1v) is 8.70. The molecule has 0 aromatic heterocycles. The Kier molecular flexibility index (Phi) is 8.78. The van der Waals surface area contributed by atoms with Crippen LogP contribution in [0.3, 0.4) is 0 Å². The van der Waals surface area contributed by atoms with Gasteiger partial charge in [-0.05, 0) is 53.9 Å². The number of rotatable bonds is 10. The van der Waals surface area contributed by atoms with Crippen molar-refractivity contribution < 1.29 is 9.78 Å².